The van der Waals surface area contributed by atoms with E-state index in [0.29, 0.717) is 52.9 Å². The number of nitrogens with one attached hydrogen (secondary N) is 1. The molecule has 3 N–H and O–H groups in total. The molecular weight excluding hydrogens is 340 g/mol. The third kappa shape index (κ3) is 19.1. The quantitative estimate of drug-likeness (QED) is 0.326. The van der Waals surface area contributed by atoms with Crippen molar-refractivity contribution in [3.8, 4) is 0 Å². The predicted molar refractivity (Wildman–Crippen MR) is 98.8 cm³/mol. The second kappa shape index (κ2) is 18.6. The smallest absolute Gasteiger partial charge is 0.219 e. The van der Waals surface area contributed by atoms with Crippen LogP contribution in [-0.4, -0.2) is 70.7 Å². The Kier molecular flexibility index (Phi) is 17.7. The van der Waals surface area contributed by atoms with Gasteiger partial charge in [0.2, 0.25) is 11.8 Å². The summed E-state index contributed by atoms with van der Waals surface area (Å²) in [6.45, 7) is 7.33. The molecule has 0 aliphatic rings. The van der Waals surface area contributed by atoms with Crippen LogP contribution in [0.25, 0.3) is 0 Å². The molecule has 0 aromatic rings. The first-order valence-corrected chi connectivity index (χ1v) is 9.42. The number of carbonyl (C=O) groups is 2. The fraction of sp³-hybridized carbons (Fsp3) is 0.889. The van der Waals surface area contributed by atoms with E-state index in [1.165, 1.54) is 6.92 Å². The number of hydrogen-bond acceptors (Lipinski definition) is 6. The second-order valence-corrected chi connectivity index (χ2v) is 6.02. The van der Waals surface area contributed by atoms with Gasteiger partial charge in [-0.05, 0) is 6.42 Å². The van der Waals surface area contributed by atoms with E-state index in [9.17, 15) is 9.59 Å². The van der Waals surface area contributed by atoms with Gasteiger partial charge in [-0.3, -0.25) is 9.59 Å². The van der Waals surface area contributed by atoms with Crippen LogP contribution in [0.2, 0.25) is 0 Å². The molecule has 0 fully saturated rings. The van der Waals surface area contributed by atoms with Crippen LogP contribution >= 0.6 is 0 Å². The topological polar surface area (TPSA) is 109 Å². The van der Waals surface area contributed by atoms with Crippen LogP contribution in [-0.2, 0) is 28.5 Å². The van der Waals surface area contributed by atoms with Gasteiger partial charge in [0, 0.05) is 13.3 Å². The zero-order valence-corrected chi connectivity index (χ0v) is 16.3. The van der Waals surface area contributed by atoms with E-state index < -0.39 is 0 Å². The highest BCUT2D eigenvalue weighted by Crippen LogP contribution is 2.04. The van der Waals surface area contributed by atoms with Gasteiger partial charge in [-0.15, -0.1) is 0 Å². The summed E-state index contributed by atoms with van der Waals surface area (Å²) in [4.78, 5) is 21.7. The largest absolute Gasteiger partial charge is 0.379 e. The second-order valence-electron chi connectivity index (χ2n) is 6.02. The first kappa shape index (κ1) is 24.8. The van der Waals surface area contributed by atoms with Crippen LogP contribution in [0.4, 0.5) is 0 Å². The van der Waals surface area contributed by atoms with Crippen molar-refractivity contribution in [2.24, 2.45) is 5.73 Å². The Bertz CT molecular complexity index is 355. The van der Waals surface area contributed by atoms with Crippen LogP contribution in [0.15, 0.2) is 0 Å². The number of ether oxygens (including phenoxy) is 4. The van der Waals surface area contributed by atoms with Crippen molar-refractivity contribution in [1.82, 2.24) is 5.32 Å². The molecule has 2 amide bonds. The third-order valence-corrected chi connectivity index (χ3v) is 3.49. The zero-order valence-electron chi connectivity index (χ0n) is 16.3. The fourth-order valence-corrected chi connectivity index (χ4v) is 2.18. The molecule has 0 spiro atoms. The molecule has 0 saturated carbocycles. The normalized spacial score (nSPS) is 12.1. The first-order chi connectivity index (χ1) is 12.6. The number of primary amides is 1. The average Bonchev–Trinajstić information content (AvgIpc) is 2.58. The van der Waals surface area contributed by atoms with E-state index in [1.54, 1.807) is 0 Å². The molecule has 0 aromatic carbocycles. The van der Waals surface area contributed by atoms with Crippen molar-refractivity contribution in [3.05, 3.63) is 0 Å². The molecule has 0 rings (SSSR count). The number of nitrogens with two attached hydrogens (primary N) is 1. The minimum absolute atomic E-state index is 0.0258. The molecule has 0 radical (unpaired) electrons. The Hall–Kier alpha value is -1.22. The predicted octanol–water partition coefficient (Wildman–Crippen LogP) is 1.01. The molecule has 0 aromatic heterocycles. The van der Waals surface area contributed by atoms with Gasteiger partial charge in [-0.25, -0.2) is 0 Å². The van der Waals surface area contributed by atoms with Crippen LogP contribution in [0, 0.1) is 0 Å². The molecule has 0 saturated heterocycles. The Morgan fingerprint density at radius 3 is 1.92 bits per heavy atom. The Balaban J connectivity index is 3.41. The van der Waals surface area contributed by atoms with Gasteiger partial charge in [0.25, 0.3) is 0 Å². The fourth-order valence-electron chi connectivity index (χ4n) is 2.18. The first-order valence-electron chi connectivity index (χ1n) is 9.42. The molecular formula is C18H36N2O6. The van der Waals surface area contributed by atoms with Crippen LogP contribution < -0.4 is 11.1 Å². The Morgan fingerprint density at radius 1 is 0.885 bits per heavy atom. The highest BCUT2D eigenvalue weighted by molar-refractivity contribution is 5.73. The van der Waals surface area contributed by atoms with Gasteiger partial charge < -0.3 is 30.0 Å². The summed E-state index contributed by atoms with van der Waals surface area (Å²) in [7, 11) is 0. The number of rotatable bonds is 19. The summed E-state index contributed by atoms with van der Waals surface area (Å²) >= 11 is 0. The van der Waals surface area contributed by atoms with Crippen molar-refractivity contribution in [1.29, 1.82) is 0 Å². The summed E-state index contributed by atoms with van der Waals surface area (Å²) < 4.78 is 21.5. The van der Waals surface area contributed by atoms with Gasteiger partial charge in [0.05, 0.1) is 58.9 Å². The van der Waals surface area contributed by atoms with E-state index in [2.05, 4.69) is 12.2 Å². The maximum atomic E-state index is 11.2. The van der Waals surface area contributed by atoms with E-state index in [4.69, 9.17) is 24.7 Å². The Morgan fingerprint density at radius 2 is 1.42 bits per heavy atom. The van der Waals surface area contributed by atoms with Gasteiger partial charge >= 0.3 is 0 Å². The maximum absolute atomic E-state index is 11.2. The summed E-state index contributed by atoms with van der Waals surface area (Å²) in [6, 6.07) is 0.0666. The maximum Gasteiger partial charge on any atom is 0.219 e. The molecule has 8 heteroatoms. The molecule has 0 bridgehead atoms. The molecule has 0 aliphatic carbocycles. The van der Waals surface area contributed by atoms with E-state index in [0.717, 1.165) is 25.7 Å². The van der Waals surface area contributed by atoms with Crippen molar-refractivity contribution >= 4 is 11.8 Å². The third-order valence-electron chi connectivity index (χ3n) is 3.49. The van der Waals surface area contributed by atoms with Crippen molar-refractivity contribution in [3.63, 3.8) is 0 Å². The SMILES string of the molecule is CCCCCC(COCCOCCOCCOCCC(N)=O)NC(C)=O. The lowest BCUT2D eigenvalue weighted by Crippen LogP contribution is -2.37. The van der Waals surface area contributed by atoms with Gasteiger partial charge in [0.1, 0.15) is 0 Å². The molecule has 8 nitrogen and oxygen atoms in total. The minimum Gasteiger partial charge on any atom is -0.379 e. The molecule has 1 atom stereocenters. The number of unbranched alkanes of at least 4 members (excludes halogenated alkanes) is 2. The van der Waals surface area contributed by atoms with Gasteiger partial charge in [-0.1, -0.05) is 26.2 Å². The van der Waals surface area contributed by atoms with Crippen molar-refractivity contribution in [2.75, 3.05) is 52.9 Å². The lowest BCUT2D eigenvalue weighted by atomic mass is 10.1. The molecule has 154 valence electrons. The lowest BCUT2D eigenvalue weighted by Gasteiger charge is -2.18. The highest BCUT2D eigenvalue weighted by atomic mass is 16.6. The monoisotopic (exact) mass is 376 g/mol. The summed E-state index contributed by atoms with van der Waals surface area (Å²) in [6.07, 6.45) is 4.57. The minimum atomic E-state index is -0.370. The van der Waals surface area contributed by atoms with Gasteiger partial charge in [-0.2, -0.15) is 0 Å². The van der Waals surface area contributed by atoms with E-state index >= 15 is 0 Å². The average molecular weight is 376 g/mol. The number of carbonyl (C=O) groups excluding carboxylic acids is 2. The summed E-state index contributed by atoms with van der Waals surface area (Å²) in [5.74, 6) is -0.395. The van der Waals surface area contributed by atoms with Crippen molar-refractivity contribution in [2.45, 2.75) is 52.0 Å². The van der Waals surface area contributed by atoms with Gasteiger partial charge in [0.15, 0.2) is 0 Å². The molecule has 0 heterocycles. The lowest BCUT2D eigenvalue weighted by molar-refractivity contribution is -0.120. The zero-order chi connectivity index (χ0) is 19.5. The Labute approximate surface area is 157 Å². The van der Waals surface area contributed by atoms with E-state index in [1.807, 2.05) is 0 Å². The van der Waals surface area contributed by atoms with E-state index in [-0.39, 0.29) is 24.3 Å². The van der Waals surface area contributed by atoms with Crippen LogP contribution in [0.1, 0.15) is 46.0 Å². The standard InChI is InChI=1S/C18H36N2O6/c1-3-4-5-6-17(20-16(2)21)15-26-14-13-25-12-11-24-10-9-23-8-7-18(19)22/h17H,3-15H2,1-2H3,(H2,19,22)(H,20,21). The number of hydrogen-bond donors (Lipinski definition) is 2. The van der Waals surface area contributed by atoms with Crippen LogP contribution in [0.3, 0.4) is 0 Å². The molecule has 0 aliphatic heterocycles. The van der Waals surface area contributed by atoms with Crippen LogP contribution in [0.5, 0.6) is 0 Å². The number of amides is 2. The summed E-state index contributed by atoms with van der Waals surface area (Å²) in [5, 5.41) is 2.92. The van der Waals surface area contributed by atoms with Crippen molar-refractivity contribution < 1.29 is 28.5 Å². The molecule has 26 heavy (non-hydrogen) atoms. The highest BCUT2D eigenvalue weighted by Gasteiger charge is 2.09. The summed E-state index contributed by atoms with van der Waals surface area (Å²) in [5.41, 5.74) is 4.99. The molecule has 1 unspecified atom stereocenters.